The molecule has 0 saturated heterocycles. The summed E-state index contributed by atoms with van der Waals surface area (Å²) in [5.74, 6) is 0.529. The number of benzene rings is 2. The number of nitrogens with zero attached hydrogens (tertiary/aromatic N) is 1. The maximum atomic E-state index is 13.0. The van der Waals surface area contributed by atoms with Gasteiger partial charge in [0.2, 0.25) is 5.91 Å². The molecule has 0 aliphatic rings. The number of carbonyl (C=O) groups is 2. The van der Waals surface area contributed by atoms with E-state index >= 15 is 0 Å². The normalized spacial score (nSPS) is 11.5. The SMILES string of the molecule is CSCCC(NC(=O)c1ccc(COc2cccnc2)cc1-c1ccccc1)C(N)=O. The van der Waals surface area contributed by atoms with Crippen LogP contribution in [0.15, 0.2) is 73.1 Å². The van der Waals surface area contributed by atoms with Crippen molar-refractivity contribution in [3.8, 4) is 16.9 Å². The van der Waals surface area contributed by atoms with Gasteiger partial charge in [0.05, 0.1) is 6.20 Å². The molecular formula is C24H25N3O3S. The lowest BCUT2D eigenvalue weighted by Crippen LogP contribution is -2.44. The van der Waals surface area contributed by atoms with Gasteiger partial charge in [0, 0.05) is 11.8 Å². The van der Waals surface area contributed by atoms with Gasteiger partial charge in [0.25, 0.3) is 5.91 Å². The standard InChI is InChI=1S/C24H25N3O3S/c1-31-13-11-22(23(25)28)27-24(29)20-10-9-17(16-30-19-8-5-12-26-15-19)14-21(20)18-6-3-2-4-7-18/h2-10,12,14-15,22H,11,13,16H2,1H3,(H2,25,28)(H,27,29). The van der Waals surface area contributed by atoms with E-state index < -0.39 is 11.9 Å². The summed E-state index contributed by atoms with van der Waals surface area (Å²) in [5, 5.41) is 2.79. The van der Waals surface area contributed by atoms with Crippen molar-refractivity contribution in [1.82, 2.24) is 10.3 Å². The van der Waals surface area contributed by atoms with Crippen molar-refractivity contribution in [2.24, 2.45) is 5.73 Å². The average molecular weight is 436 g/mol. The summed E-state index contributed by atoms with van der Waals surface area (Å²) >= 11 is 1.60. The Bertz CT molecular complexity index is 1010. The van der Waals surface area contributed by atoms with Crippen LogP contribution < -0.4 is 15.8 Å². The Morgan fingerprint density at radius 2 is 1.94 bits per heavy atom. The minimum absolute atomic E-state index is 0.330. The molecule has 2 aromatic carbocycles. The van der Waals surface area contributed by atoms with Crippen molar-refractivity contribution >= 4 is 23.6 Å². The topological polar surface area (TPSA) is 94.3 Å². The van der Waals surface area contributed by atoms with Crippen LogP contribution in [0, 0.1) is 0 Å². The highest BCUT2D eigenvalue weighted by molar-refractivity contribution is 7.98. The maximum Gasteiger partial charge on any atom is 0.252 e. The monoisotopic (exact) mass is 435 g/mol. The van der Waals surface area contributed by atoms with Gasteiger partial charge in [-0.3, -0.25) is 14.6 Å². The molecule has 0 aliphatic heterocycles. The van der Waals surface area contributed by atoms with E-state index in [4.69, 9.17) is 10.5 Å². The van der Waals surface area contributed by atoms with Crippen LogP contribution in [-0.4, -0.2) is 34.8 Å². The molecule has 6 nitrogen and oxygen atoms in total. The lowest BCUT2D eigenvalue weighted by molar-refractivity contribution is -0.119. The van der Waals surface area contributed by atoms with Crippen molar-refractivity contribution in [1.29, 1.82) is 0 Å². The quantitative estimate of drug-likeness (QED) is 0.507. The zero-order valence-corrected chi connectivity index (χ0v) is 18.1. The first-order valence-electron chi connectivity index (χ1n) is 9.88. The maximum absolute atomic E-state index is 13.0. The van der Waals surface area contributed by atoms with Crippen molar-refractivity contribution in [3.63, 3.8) is 0 Å². The number of ether oxygens (including phenoxy) is 1. The molecule has 3 aromatic rings. The first-order valence-corrected chi connectivity index (χ1v) is 11.3. The fourth-order valence-electron chi connectivity index (χ4n) is 3.09. The molecule has 1 heterocycles. The minimum atomic E-state index is -0.711. The van der Waals surface area contributed by atoms with Gasteiger partial charge >= 0.3 is 0 Å². The fraction of sp³-hybridized carbons (Fsp3) is 0.208. The first-order chi connectivity index (χ1) is 15.1. The number of rotatable bonds is 10. The third kappa shape index (κ3) is 6.33. The number of aromatic nitrogens is 1. The first kappa shape index (κ1) is 22.4. The number of hydrogen-bond acceptors (Lipinski definition) is 5. The molecule has 7 heteroatoms. The smallest absolute Gasteiger partial charge is 0.252 e. The number of hydrogen-bond donors (Lipinski definition) is 2. The van der Waals surface area contributed by atoms with Crippen LogP contribution in [0.2, 0.25) is 0 Å². The average Bonchev–Trinajstić information content (AvgIpc) is 2.81. The van der Waals surface area contributed by atoms with E-state index in [1.165, 1.54) is 0 Å². The van der Waals surface area contributed by atoms with Gasteiger partial charge < -0.3 is 15.8 Å². The number of thioether (sulfide) groups is 1. The molecule has 1 atom stereocenters. The van der Waals surface area contributed by atoms with Gasteiger partial charge in [-0.15, -0.1) is 0 Å². The highest BCUT2D eigenvalue weighted by atomic mass is 32.2. The molecule has 0 spiro atoms. The predicted molar refractivity (Wildman–Crippen MR) is 124 cm³/mol. The number of nitrogens with two attached hydrogens (primary N) is 1. The highest BCUT2D eigenvalue weighted by Crippen LogP contribution is 2.26. The third-order valence-corrected chi connectivity index (χ3v) is 5.36. The second-order valence-corrected chi connectivity index (χ2v) is 7.92. The molecule has 1 unspecified atom stereocenters. The lowest BCUT2D eigenvalue weighted by atomic mass is 9.96. The Labute approximate surface area is 186 Å². The molecule has 2 amide bonds. The van der Waals surface area contributed by atoms with Crippen molar-refractivity contribution in [2.75, 3.05) is 12.0 Å². The Hall–Kier alpha value is -3.32. The number of nitrogens with one attached hydrogen (secondary N) is 1. The van der Waals surface area contributed by atoms with E-state index in [9.17, 15) is 9.59 Å². The number of primary amides is 1. The van der Waals surface area contributed by atoms with E-state index in [-0.39, 0.29) is 5.91 Å². The molecule has 3 rings (SSSR count). The summed E-state index contributed by atoms with van der Waals surface area (Å²) in [7, 11) is 0. The van der Waals surface area contributed by atoms with Crippen LogP contribution in [0.3, 0.4) is 0 Å². The van der Waals surface area contributed by atoms with E-state index in [0.717, 1.165) is 22.4 Å². The molecule has 160 valence electrons. The summed E-state index contributed by atoms with van der Waals surface area (Å²) in [4.78, 5) is 28.9. The van der Waals surface area contributed by atoms with Crippen molar-refractivity contribution in [2.45, 2.75) is 19.1 Å². The summed E-state index contributed by atoms with van der Waals surface area (Å²) in [5.41, 5.74) is 8.54. The molecular weight excluding hydrogens is 410 g/mol. The van der Waals surface area contributed by atoms with Gasteiger partial charge in [-0.1, -0.05) is 36.4 Å². The summed E-state index contributed by atoms with van der Waals surface area (Å²) in [6, 6.07) is 18.1. The number of amides is 2. The van der Waals surface area contributed by atoms with Gasteiger partial charge in [-0.05, 0) is 59.4 Å². The van der Waals surface area contributed by atoms with Crippen molar-refractivity contribution in [3.05, 3.63) is 84.2 Å². The Morgan fingerprint density at radius 1 is 1.13 bits per heavy atom. The zero-order valence-electron chi connectivity index (χ0n) is 17.3. The van der Waals surface area contributed by atoms with Crippen LogP contribution >= 0.6 is 11.8 Å². The number of pyridine rings is 1. The molecule has 0 saturated carbocycles. The summed E-state index contributed by atoms with van der Waals surface area (Å²) in [6.45, 7) is 0.338. The predicted octanol–water partition coefficient (Wildman–Crippen LogP) is 3.66. The van der Waals surface area contributed by atoms with Crippen molar-refractivity contribution < 1.29 is 14.3 Å². The molecule has 0 radical (unpaired) electrons. The van der Waals surface area contributed by atoms with Crippen LogP contribution in [0.1, 0.15) is 22.3 Å². The van der Waals surface area contributed by atoms with E-state index in [2.05, 4.69) is 10.3 Å². The van der Waals surface area contributed by atoms with E-state index in [1.807, 2.05) is 60.9 Å². The lowest BCUT2D eigenvalue weighted by Gasteiger charge is -2.17. The Balaban J connectivity index is 1.86. The highest BCUT2D eigenvalue weighted by Gasteiger charge is 2.21. The Kier molecular flexibility index (Phi) is 8.06. The molecule has 0 fully saturated rings. The van der Waals surface area contributed by atoms with Crippen LogP contribution in [0.4, 0.5) is 0 Å². The minimum Gasteiger partial charge on any atom is -0.487 e. The van der Waals surface area contributed by atoms with Crippen LogP contribution in [0.25, 0.3) is 11.1 Å². The molecule has 31 heavy (non-hydrogen) atoms. The van der Waals surface area contributed by atoms with Crippen LogP contribution in [-0.2, 0) is 11.4 Å². The van der Waals surface area contributed by atoms with Gasteiger partial charge in [0.15, 0.2) is 0 Å². The van der Waals surface area contributed by atoms with E-state index in [0.29, 0.717) is 24.3 Å². The van der Waals surface area contributed by atoms with E-state index in [1.54, 1.807) is 30.2 Å². The molecule has 0 bridgehead atoms. The zero-order chi connectivity index (χ0) is 22.1. The summed E-state index contributed by atoms with van der Waals surface area (Å²) < 4.78 is 5.80. The Morgan fingerprint density at radius 3 is 2.61 bits per heavy atom. The van der Waals surface area contributed by atoms with Gasteiger partial charge in [-0.25, -0.2) is 0 Å². The van der Waals surface area contributed by atoms with Crippen LogP contribution in [0.5, 0.6) is 5.75 Å². The molecule has 1 aromatic heterocycles. The number of carbonyl (C=O) groups excluding carboxylic acids is 2. The molecule has 3 N–H and O–H groups in total. The second kappa shape index (κ2) is 11.2. The summed E-state index contributed by atoms with van der Waals surface area (Å²) in [6.07, 6.45) is 5.77. The molecule has 0 aliphatic carbocycles. The van der Waals surface area contributed by atoms with Gasteiger partial charge in [0.1, 0.15) is 18.4 Å². The largest absolute Gasteiger partial charge is 0.487 e. The van der Waals surface area contributed by atoms with Gasteiger partial charge in [-0.2, -0.15) is 11.8 Å². The second-order valence-electron chi connectivity index (χ2n) is 6.93. The fourth-order valence-corrected chi connectivity index (χ4v) is 3.56. The third-order valence-electron chi connectivity index (χ3n) is 4.71.